The number of ether oxygens (including phenoxy) is 1. The van der Waals surface area contributed by atoms with Crippen molar-refractivity contribution in [1.82, 2.24) is 20.4 Å². The Morgan fingerprint density at radius 3 is 2.27 bits per heavy atom. The van der Waals surface area contributed by atoms with Gasteiger partial charge < -0.3 is 25.2 Å². The van der Waals surface area contributed by atoms with Gasteiger partial charge in [-0.3, -0.25) is 4.79 Å². The van der Waals surface area contributed by atoms with Gasteiger partial charge >= 0.3 is 0 Å². The average Bonchev–Trinajstić information content (AvgIpc) is 2.77. The summed E-state index contributed by atoms with van der Waals surface area (Å²) in [5.74, 6) is 0.941. The molecule has 2 unspecified atom stereocenters. The minimum Gasteiger partial charge on any atom is -0.372 e. The summed E-state index contributed by atoms with van der Waals surface area (Å²) in [5, 5.41) is 6.97. The summed E-state index contributed by atoms with van der Waals surface area (Å²) in [5.41, 5.74) is 1.82. The Balaban J connectivity index is 0.00000385. The Morgan fingerprint density at radius 2 is 1.73 bits per heavy atom. The molecule has 33 heavy (non-hydrogen) atoms. The summed E-state index contributed by atoms with van der Waals surface area (Å²) >= 11 is 0. The first-order valence-electron chi connectivity index (χ1n) is 12.2. The molecule has 0 saturated carbocycles. The second kappa shape index (κ2) is 13.5. The van der Waals surface area contributed by atoms with Gasteiger partial charge in [0.25, 0.3) is 5.91 Å². The first-order valence-corrected chi connectivity index (χ1v) is 12.2. The van der Waals surface area contributed by atoms with Gasteiger partial charge in [-0.25, -0.2) is 4.99 Å². The molecule has 186 valence electrons. The molecule has 1 amide bonds. The molecule has 0 spiro atoms. The third kappa shape index (κ3) is 8.40. The lowest BCUT2D eigenvalue weighted by atomic mass is 10.0. The van der Waals surface area contributed by atoms with Crippen molar-refractivity contribution in [3.05, 3.63) is 35.4 Å². The molecule has 8 heteroatoms. The van der Waals surface area contributed by atoms with Crippen LogP contribution in [-0.4, -0.2) is 78.7 Å². The zero-order chi connectivity index (χ0) is 23.1. The number of benzene rings is 1. The van der Waals surface area contributed by atoms with E-state index in [0.717, 1.165) is 49.6 Å². The summed E-state index contributed by atoms with van der Waals surface area (Å²) in [6.07, 6.45) is 2.42. The summed E-state index contributed by atoms with van der Waals surface area (Å²) in [7, 11) is 0. The number of carbonyl (C=O) groups excluding carboxylic acids is 1. The van der Waals surface area contributed by atoms with Gasteiger partial charge in [0.2, 0.25) is 0 Å². The predicted molar refractivity (Wildman–Crippen MR) is 145 cm³/mol. The minimum atomic E-state index is 0. The van der Waals surface area contributed by atoms with Crippen molar-refractivity contribution in [1.29, 1.82) is 0 Å². The lowest BCUT2D eigenvalue weighted by Crippen LogP contribution is -2.49. The van der Waals surface area contributed by atoms with Crippen LogP contribution < -0.4 is 10.6 Å². The molecule has 2 N–H and O–H groups in total. The number of nitrogens with zero attached hydrogens (tertiary/aromatic N) is 3. The van der Waals surface area contributed by atoms with Crippen molar-refractivity contribution in [3.63, 3.8) is 0 Å². The molecule has 1 aromatic rings. The maximum Gasteiger partial charge on any atom is 0.254 e. The molecule has 2 aliphatic heterocycles. The topological polar surface area (TPSA) is 69.2 Å². The van der Waals surface area contributed by atoms with Crippen LogP contribution in [0.5, 0.6) is 0 Å². The van der Waals surface area contributed by atoms with E-state index in [2.05, 4.69) is 36.3 Å². The number of hydrogen-bond acceptors (Lipinski definition) is 4. The monoisotopic (exact) mass is 571 g/mol. The number of rotatable bonds is 6. The van der Waals surface area contributed by atoms with E-state index in [1.807, 2.05) is 43.0 Å². The fourth-order valence-corrected chi connectivity index (χ4v) is 4.52. The van der Waals surface area contributed by atoms with Crippen LogP contribution in [0.1, 0.15) is 63.4 Å². The molecule has 2 saturated heterocycles. The summed E-state index contributed by atoms with van der Waals surface area (Å²) in [6, 6.07) is 8.92. The Labute approximate surface area is 216 Å². The molecule has 0 aliphatic carbocycles. The lowest BCUT2D eigenvalue weighted by Gasteiger charge is -2.35. The van der Waals surface area contributed by atoms with Crippen molar-refractivity contribution in [2.75, 3.05) is 32.7 Å². The normalized spacial score (nSPS) is 22.7. The van der Waals surface area contributed by atoms with Gasteiger partial charge in [-0.1, -0.05) is 12.1 Å². The lowest BCUT2D eigenvalue weighted by molar-refractivity contribution is -0.0586. The van der Waals surface area contributed by atoms with E-state index in [1.165, 1.54) is 0 Å². The molecular formula is C25H42IN5O2. The van der Waals surface area contributed by atoms with Gasteiger partial charge in [0.15, 0.2) is 5.96 Å². The number of aliphatic imine (C=N–C) groups is 1. The fraction of sp³-hybridized carbons (Fsp3) is 0.680. The number of morpholine rings is 1. The smallest absolute Gasteiger partial charge is 0.254 e. The molecule has 7 nitrogen and oxygen atoms in total. The largest absolute Gasteiger partial charge is 0.372 e. The molecule has 2 aliphatic rings. The van der Waals surface area contributed by atoms with Gasteiger partial charge in [-0.2, -0.15) is 0 Å². The highest BCUT2D eigenvalue weighted by Gasteiger charge is 2.26. The van der Waals surface area contributed by atoms with Crippen LogP contribution in [-0.2, 0) is 11.3 Å². The summed E-state index contributed by atoms with van der Waals surface area (Å²) in [6.45, 7) is 15.6. The van der Waals surface area contributed by atoms with Crippen LogP contribution in [0.2, 0.25) is 0 Å². The van der Waals surface area contributed by atoms with Crippen molar-refractivity contribution in [2.45, 2.75) is 78.3 Å². The van der Waals surface area contributed by atoms with Crippen molar-refractivity contribution in [3.8, 4) is 0 Å². The molecule has 1 aromatic carbocycles. The number of piperidine rings is 1. The van der Waals surface area contributed by atoms with E-state index < -0.39 is 0 Å². The van der Waals surface area contributed by atoms with Gasteiger partial charge in [-0.15, -0.1) is 24.0 Å². The second-order valence-corrected chi connectivity index (χ2v) is 9.41. The van der Waals surface area contributed by atoms with Gasteiger partial charge in [-0.05, 0) is 65.2 Å². The van der Waals surface area contributed by atoms with Gasteiger partial charge in [0, 0.05) is 50.4 Å². The molecule has 2 atom stereocenters. The molecule has 0 aromatic heterocycles. The van der Waals surface area contributed by atoms with E-state index in [9.17, 15) is 4.79 Å². The maximum absolute atomic E-state index is 12.9. The molecule has 0 radical (unpaired) electrons. The first kappa shape index (κ1) is 27.9. The van der Waals surface area contributed by atoms with Crippen molar-refractivity contribution < 1.29 is 9.53 Å². The summed E-state index contributed by atoms with van der Waals surface area (Å²) in [4.78, 5) is 22.1. The first-order chi connectivity index (χ1) is 15.4. The number of likely N-dealkylation sites (tertiary alicyclic amines) is 1. The fourth-order valence-electron chi connectivity index (χ4n) is 4.52. The SMILES string of the molecule is CCNC(=NCc1ccc(C(=O)N2CC(C)OC(C)C2)cc1)NC1CCN(C(C)C)CC1.I. The van der Waals surface area contributed by atoms with Crippen LogP contribution >= 0.6 is 24.0 Å². The Morgan fingerprint density at radius 1 is 1.12 bits per heavy atom. The van der Waals surface area contributed by atoms with E-state index in [4.69, 9.17) is 9.73 Å². The zero-order valence-electron chi connectivity index (χ0n) is 20.8. The van der Waals surface area contributed by atoms with Crippen LogP contribution in [0.15, 0.2) is 29.3 Å². The number of hydrogen-bond donors (Lipinski definition) is 2. The number of guanidine groups is 1. The van der Waals surface area contributed by atoms with Gasteiger partial charge in [0.05, 0.1) is 18.8 Å². The maximum atomic E-state index is 12.9. The predicted octanol–water partition coefficient (Wildman–Crippen LogP) is 3.48. The average molecular weight is 572 g/mol. The number of carbonyl (C=O) groups is 1. The van der Waals surface area contributed by atoms with Crippen LogP contribution in [0.25, 0.3) is 0 Å². The molecule has 2 heterocycles. The van der Waals surface area contributed by atoms with Crippen LogP contribution in [0.4, 0.5) is 0 Å². The summed E-state index contributed by atoms with van der Waals surface area (Å²) < 4.78 is 5.74. The Hall–Kier alpha value is -1.39. The second-order valence-electron chi connectivity index (χ2n) is 9.41. The quantitative estimate of drug-likeness (QED) is 0.311. The number of halogens is 1. The standard InChI is InChI=1S/C25H41N5O2.HI/c1-6-26-25(28-23-11-13-29(14-12-23)18(2)3)27-15-21-7-9-22(10-8-21)24(31)30-16-19(4)32-20(5)17-30;/h7-10,18-20,23H,6,11-17H2,1-5H3,(H2,26,27,28);1H. The van der Waals surface area contributed by atoms with E-state index in [0.29, 0.717) is 31.7 Å². The Bertz CT molecular complexity index is 753. The molecule has 0 bridgehead atoms. The molecular weight excluding hydrogens is 529 g/mol. The third-order valence-corrected chi connectivity index (χ3v) is 6.27. The molecule has 2 fully saturated rings. The van der Waals surface area contributed by atoms with Crippen LogP contribution in [0.3, 0.4) is 0 Å². The van der Waals surface area contributed by atoms with Crippen molar-refractivity contribution >= 4 is 35.8 Å². The minimum absolute atomic E-state index is 0. The number of amides is 1. The van der Waals surface area contributed by atoms with Crippen molar-refractivity contribution in [2.24, 2.45) is 4.99 Å². The van der Waals surface area contributed by atoms with E-state index in [-0.39, 0.29) is 42.1 Å². The number of nitrogens with one attached hydrogen (secondary N) is 2. The highest BCUT2D eigenvalue weighted by atomic mass is 127. The zero-order valence-corrected chi connectivity index (χ0v) is 23.2. The van der Waals surface area contributed by atoms with E-state index in [1.54, 1.807) is 0 Å². The molecule has 3 rings (SSSR count). The third-order valence-electron chi connectivity index (χ3n) is 6.27. The Kier molecular flexibility index (Phi) is 11.4. The van der Waals surface area contributed by atoms with Gasteiger partial charge in [0.1, 0.15) is 0 Å². The van der Waals surface area contributed by atoms with E-state index >= 15 is 0 Å². The highest BCUT2D eigenvalue weighted by molar-refractivity contribution is 14.0. The van der Waals surface area contributed by atoms with Crippen LogP contribution in [0, 0.1) is 0 Å². The highest BCUT2D eigenvalue weighted by Crippen LogP contribution is 2.16.